The summed E-state index contributed by atoms with van der Waals surface area (Å²) in [7, 11) is 0. The van der Waals surface area contributed by atoms with Gasteiger partial charge in [0.2, 0.25) is 0 Å². The first-order valence-electron chi connectivity index (χ1n) is 10.9. The van der Waals surface area contributed by atoms with Gasteiger partial charge in [-0.25, -0.2) is 4.79 Å². The lowest BCUT2D eigenvalue weighted by atomic mass is 10.1. The summed E-state index contributed by atoms with van der Waals surface area (Å²) in [4.78, 5) is 23.1. The molecule has 0 aliphatic carbocycles. The third-order valence-electron chi connectivity index (χ3n) is 5.32. The van der Waals surface area contributed by atoms with Gasteiger partial charge in [-0.2, -0.15) is 0 Å². The zero-order valence-corrected chi connectivity index (χ0v) is 20.1. The minimum Gasteiger partial charge on any atom is -0.331 e. The standard InChI is InChI=1S/C25H24N6O3S/c1-17-6-5-9-20(14-17)27-24(32)26-15-23-28-29-25(35-16-19-8-4-3-7-18(19)2)30(23)21-10-12-22(13-11-21)31(33)34/h3-14H,15-16H2,1-2H3,(H2,26,27,32). The number of hydrogen-bond acceptors (Lipinski definition) is 6. The van der Waals surface area contributed by atoms with Gasteiger partial charge >= 0.3 is 6.03 Å². The van der Waals surface area contributed by atoms with Crippen molar-refractivity contribution in [3.05, 3.63) is 105 Å². The Morgan fingerprint density at radius 3 is 2.51 bits per heavy atom. The Hall–Kier alpha value is -4.18. The Bertz CT molecular complexity index is 1350. The summed E-state index contributed by atoms with van der Waals surface area (Å²) < 4.78 is 1.81. The van der Waals surface area contributed by atoms with Crippen molar-refractivity contribution in [1.82, 2.24) is 20.1 Å². The summed E-state index contributed by atoms with van der Waals surface area (Å²) in [6, 6.07) is 21.4. The quantitative estimate of drug-likeness (QED) is 0.195. The van der Waals surface area contributed by atoms with Crippen LogP contribution >= 0.6 is 11.8 Å². The molecule has 0 saturated carbocycles. The van der Waals surface area contributed by atoms with E-state index in [0.29, 0.717) is 28.1 Å². The van der Waals surface area contributed by atoms with E-state index in [-0.39, 0.29) is 18.3 Å². The highest BCUT2D eigenvalue weighted by Gasteiger charge is 2.17. The van der Waals surface area contributed by atoms with Gasteiger partial charge in [0.1, 0.15) is 0 Å². The maximum atomic E-state index is 12.5. The molecule has 178 valence electrons. The van der Waals surface area contributed by atoms with Gasteiger partial charge in [0.05, 0.1) is 11.5 Å². The molecule has 2 N–H and O–H groups in total. The van der Waals surface area contributed by atoms with Crippen LogP contribution in [0.1, 0.15) is 22.5 Å². The second-order valence-corrected chi connectivity index (χ2v) is 8.84. The molecule has 0 spiro atoms. The van der Waals surface area contributed by atoms with Crippen LogP contribution in [0.2, 0.25) is 0 Å². The summed E-state index contributed by atoms with van der Waals surface area (Å²) in [6.45, 7) is 4.12. The minimum absolute atomic E-state index is 0.00635. The van der Waals surface area contributed by atoms with E-state index in [1.807, 2.05) is 43.3 Å². The monoisotopic (exact) mass is 488 g/mol. The van der Waals surface area contributed by atoms with Gasteiger partial charge < -0.3 is 10.6 Å². The Balaban J connectivity index is 1.55. The van der Waals surface area contributed by atoms with Gasteiger partial charge in [0.25, 0.3) is 5.69 Å². The number of nitrogens with one attached hydrogen (secondary N) is 2. The molecule has 0 saturated heterocycles. The van der Waals surface area contributed by atoms with Crippen LogP contribution in [0.15, 0.2) is 78.0 Å². The molecule has 0 unspecified atom stereocenters. The predicted octanol–water partition coefficient (Wildman–Crippen LogP) is 5.41. The molecule has 0 aliphatic rings. The smallest absolute Gasteiger partial charge is 0.319 e. The van der Waals surface area contributed by atoms with Gasteiger partial charge in [-0.15, -0.1) is 10.2 Å². The van der Waals surface area contributed by atoms with Crippen molar-refractivity contribution < 1.29 is 9.72 Å². The molecule has 2 amide bonds. The second kappa shape index (κ2) is 10.8. The van der Waals surface area contributed by atoms with Gasteiger partial charge in [0.15, 0.2) is 11.0 Å². The number of carbonyl (C=O) groups excluding carboxylic acids is 1. The molecule has 4 aromatic rings. The van der Waals surface area contributed by atoms with Crippen LogP contribution in [0.25, 0.3) is 5.69 Å². The number of nitrogens with zero attached hydrogens (tertiary/aromatic N) is 4. The van der Waals surface area contributed by atoms with Crippen LogP contribution in [-0.4, -0.2) is 25.7 Å². The number of aryl methyl sites for hydroxylation is 2. The van der Waals surface area contributed by atoms with Gasteiger partial charge in [0, 0.05) is 29.3 Å². The first-order valence-corrected chi connectivity index (χ1v) is 11.9. The van der Waals surface area contributed by atoms with Crippen LogP contribution < -0.4 is 10.6 Å². The highest BCUT2D eigenvalue weighted by molar-refractivity contribution is 7.98. The lowest BCUT2D eigenvalue weighted by Crippen LogP contribution is -2.29. The van der Waals surface area contributed by atoms with Crippen LogP contribution in [-0.2, 0) is 12.3 Å². The molecule has 10 heteroatoms. The molecule has 0 bridgehead atoms. The van der Waals surface area contributed by atoms with E-state index >= 15 is 0 Å². The summed E-state index contributed by atoms with van der Waals surface area (Å²) >= 11 is 1.51. The third-order valence-corrected chi connectivity index (χ3v) is 6.30. The number of non-ortho nitro benzene ring substituents is 1. The molecule has 3 aromatic carbocycles. The topological polar surface area (TPSA) is 115 Å². The van der Waals surface area contributed by atoms with Crippen molar-refractivity contribution >= 4 is 29.2 Å². The summed E-state index contributed by atoms with van der Waals surface area (Å²) in [5.41, 5.74) is 4.74. The fraction of sp³-hybridized carbons (Fsp3) is 0.160. The summed E-state index contributed by atoms with van der Waals surface area (Å²) in [6.07, 6.45) is 0. The van der Waals surface area contributed by atoms with Gasteiger partial charge in [-0.1, -0.05) is 48.2 Å². The van der Waals surface area contributed by atoms with Gasteiger partial charge in [-0.05, 0) is 54.8 Å². The van der Waals surface area contributed by atoms with Crippen molar-refractivity contribution in [2.24, 2.45) is 0 Å². The predicted molar refractivity (Wildman–Crippen MR) is 136 cm³/mol. The molecule has 4 rings (SSSR count). The molecule has 1 aromatic heterocycles. The highest BCUT2D eigenvalue weighted by atomic mass is 32.2. The van der Waals surface area contributed by atoms with E-state index in [1.165, 1.54) is 35.0 Å². The van der Waals surface area contributed by atoms with E-state index in [4.69, 9.17) is 0 Å². The zero-order chi connectivity index (χ0) is 24.8. The number of hydrogen-bond donors (Lipinski definition) is 2. The van der Waals surface area contributed by atoms with E-state index in [2.05, 4.69) is 39.9 Å². The highest BCUT2D eigenvalue weighted by Crippen LogP contribution is 2.27. The van der Waals surface area contributed by atoms with E-state index in [9.17, 15) is 14.9 Å². The molecule has 35 heavy (non-hydrogen) atoms. The fourth-order valence-corrected chi connectivity index (χ4v) is 4.51. The summed E-state index contributed by atoms with van der Waals surface area (Å²) in [5.74, 6) is 1.18. The number of rotatable bonds is 8. The molecular formula is C25H24N6O3S. The number of thioether (sulfide) groups is 1. The second-order valence-electron chi connectivity index (χ2n) is 7.90. The average Bonchev–Trinajstić information content (AvgIpc) is 3.25. The maximum absolute atomic E-state index is 12.5. The number of nitro groups is 1. The molecular weight excluding hydrogens is 464 g/mol. The number of urea groups is 1. The van der Waals surface area contributed by atoms with Crippen LogP contribution in [0, 0.1) is 24.0 Å². The number of nitro benzene ring substituents is 1. The number of aromatic nitrogens is 3. The lowest BCUT2D eigenvalue weighted by molar-refractivity contribution is -0.384. The van der Waals surface area contributed by atoms with Crippen molar-refractivity contribution in [1.29, 1.82) is 0 Å². The number of carbonyl (C=O) groups is 1. The van der Waals surface area contributed by atoms with Gasteiger partial charge in [-0.3, -0.25) is 14.7 Å². The van der Waals surface area contributed by atoms with E-state index < -0.39 is 4.92 Å². The van der Waals surface area contributed by atoms with Crippen LogP contribution in [0.4, 0.5) is 16.2 Å². The molecule has 0 aliphatic heterocycles. The molecule has 1 heterocycles. The number of anilines is 1. The van der Waals surface area contributed by atoms with Crippen molar-refractivity contribution in [3.63, 3.8) is 0 Å². The Kier molecular flexibility index (Phi) is 7.41. The fourth-order valence-electron chi connectivity index (χ4n) is 3.46. The largest absolute Gasteiger partial charge is 0.331 e. The first kappa shape index (κ1) is 24.0. The zero-order valence-electron chi connectivity index (χ0n) is 19.3. The Labute approximate surface area is 206 Å². The molecule has 0 radical (unpaired) electrons. The number of benzene rings is 3. The SMILES string of the molecule is Cc1cccc(NC(=O)NCc2nnc(SCc3ccccc3C)n2-c2ccc([N+](=O)[O-])cc2)c1. The number of amides is 2. The molecule has 0 fully saturated rings. The van der Waals surface area contributed by atoms with Crippen LogP contribution in [0.5, 0.6) is 0 Å². The minimum atomic E-state index is -0.443. The summed E-state index contributed by atoms with van der Waals surface area (Å²) in [5, 5.41) is 26.0. The Morgan fingerprint density at radius 1 is 1.03 bits per heavy atom. The van der Waals surface area contributed by atoms with Crippen molar-refractivity contribution in [2.45, 2.75) is 31.3 Å². The molecule has 9 nitrogen and oxygen atoms in total. The normalized spacial score (nSPS) is 10.7. The molecule has 0 atom stereocenters. The van der Waals surface area contributed by atoms with E-state index in [1.54, 1.807) is 16.7 Å². The van der Waals surface area contributed by atoms with Crippen molar-refractivity contribution in [2.75, 3.05) is 5.32 Å². The van der Waals surface area contributed by atoms with Crippen molar-refractivity contribution in [3.8, 4) is 5.69 Å². The average molecular weight is 489 g/mol. The lowest BCUT2D eigenvalue weighted by Gasteiger charge is -2.12. The van der Waals surface area contributed by atoms with E-state index in [0.717, 1.165) is 5.56 Å². The van der Waals surface area contributed by atoms with Crippen LogP contribution in [0.3, 0.4) is 0 Å². The first-order chi connectivity index (χ1) is 16.9. The maximum Gasteiger partial charge on any atom is 0.319 e. The Morgan fingerprint density at radius 2 is 1.80 bits per heavy atom. The third kappa shape index (κ3) is 6.04.